The van der Waals surface area contributed by atoms with Crippen molar-refractivity contribution in [3.8, 4) is 0 Å². The van der Waals surface area contributed by atoms with Gasteiger partial charge in [-0.05, 0) is 23.2 Å². The highest BCUT2D eigenvalue weighted by molar-refractivity contribution is 7.91. The maximum absolute atomic E-state index is 12.8. The topological polar surface area (TPSA) is 92.1 Å². The van der Waals surface area contributed by atoms with E-state index >= 15 is 0 Å². The Morgan fingerprint density at radius 1 is 1.35 bits per heavy atom. The first-order chi connectivity index (χ1) is 9.50. The van der Waals surface area contributed by atoms with Crippen LogP contribution < -0.4 is 0 Å². The molecule has 0 spiro atoms. The number of halogens is 2. The molecule has 20 heavy (non-hydrogen) atoms. The van der Waals surface area contributed by atoms with Crippen LogP contribution in [0.1, 0.15) is 11.7 Å². The van der Waals surface area contributed by atoms with Crippen molar-refractivity contribution in [3.63, 3.8) is 0 Å². The summed E-state index contributed by atoms with van der Waals surface area (Å²) in [6.07, 6.45) is -0.849. The van der Waals surface area contributed by atoms with E-state index in [-0.39, 0.29) is 4.90 Å². The molecular formula is C11H13F2N3O3S. The second-order valence-corrected chi connectivity index (χ2v) is 5.79. The highest BCUT2D eigenvalue weighted by Gasteiger charge is 2.23. The second kappa shape index (κ2) is 7.18. The van der Waals surface area contributed by atoms with Gasteiger partial charge in [-0.2, -0.15) is 0 Å². The molecule has 1 rings (SSSR count). The molecule has 0 N–H and O–H groups in total. The van der Waals surface area contributed by atoms with Gasteiger partial charge in [-0.25, -0.2) is 12.8 Å². The van der Waals surface area contributed by atoms with Crippen LogP contribution in [0.3, 0.4) is 0 Å². The van der Waals surface area contributed by atoms with Gasteiger partial charge in [-0.15, -0.1) is 0 Å². The van der Waals surface area contributed by atoms with Gasteiger partial charge in [0.05, 0.1) is 17.0 Å². The number of sulfone groups is 1. The monoisotopic (exact) mass is 305 g/mol. The molecule has 0 fully saturated rings. The van der Waals surface area contributed by atoms with Gasteiger partial charge in [0.1, 0.15) is 6.67 Å². The summed E-state index contributed by atoms with van der Waals surface area (Å²) in [6, 6.07) is 2.57. The molecule has 0 bridgehead atoms. The van der Waals surface area contributed by atoms with Crippen LogP contribution in [0.25, 0.3) is 10.4 Å². The first kappa shape index (κ1) is 16.4. The van der Waals surface area contributed by atoms with Crippen molar-refractivity contribution >= 4 is 9.84 Å². The Bertz CT molecular complexity index is 585. The van der Waals surface area contributed by atoms with Crippen LogP contribution in [-0.4, -0.2) is 34.3 Å². The third-order valence-corrected chi connectivity index (χ3v) is 3.95. The zero-order valence-electron chi connectivity index (χ0n) is 10.6. The van der Waals surface area contributed by atoms with Gasteiger partial charge in [0, 0.05) is 12.0 Å². The third kappa shape index (κ3) is 3.66. The summed E-state index contributed by atoms with van der Waals surface area (Å²) in [4.78, 5) is 2.35. The van der Waals surface area contributed by atoms with Crippen LogP contribution >= 0.6 is 0 Å². The summed E-state index contributed by atoms with van der Waals surface area (Å²) in [6.45, 7) is -0.924. The van der Waals surface area contributed by atoms with Gasteiger partial charge in [0.15, 0.2) is 6.01 Å². The standard InChI is InChI=1S/C11H13F2N3O3S/c1-19-11(10(6-12)15-16-14)8-2-4-9(5-3-8)20(17,18)7-13/h2-5,10-11H,6-7H2,1H3/t10-,11-/m1/s1. The van der Waals surface area contributed by atoms with Gasteiger partial charge in [0.2, 0.25) is 9.84 Å². The Hall–Kier alpha value is -1.70. The summed E-state index contributed by atoms with van der Waals surface area (Å²) in [5, 5.41) is 3.28. The largest absolute Gasteiger partial charge is 0.376 e. The van der Waals surface area contributed by atoms with Crippen LogP contribution in [0.4, 0.5) is 8.78 Å². The predicted molar refractivity (Wildman–Crippen MR) is 68.3 cm³/mol. The molecule has 0 saturated carbocycles. The summed E-state index contributed by atoms with van der Waals surface area (Å²) in [5.74, 6) is 0. The van der Waals surface area contributed by atoms with Crippen molar-refractivity contribution in [2.24, 2.45) is 5.11 Å². The highest BCUT2D eigenvalue weighted by atomic mass is 32.2. The van der Waals surface area contributed by atoms with E-state index in [4.69, 9.17) is 10.3 Å². The van der Waals surface area contributed by atoms with E-state index in [0.29, 0.717) is 5.56 Å². The minimum Gasteiger partial charge on any atom is -0.376 e. The third-order valence-electron chi connectivity index (χ3n) is 2.67. The molecule has 6 nitrogen and oxygen atoms in total. The van der Waals surface area contributed by atoms with Crippen LogP contribution in [0, 0.1) is 0 Å². The number of ether oxygens (including phenoxy) is 1. The van der Waals surface area contributed by atoms with Crippen molar-refractivity contribution in [1.82, 2.24) is 0 Å². The molecular weight excluding hydrogens is 292 g/mol. The summed E-state index contributed by atoms with van der Waals surface area (Å²) in [5.41, 5.74) is 8.79. The van der Waals surface area contributed by atoms with E-state index < -0.39 is 34.7 Å². The number of methoxy groups -OCH3 is 1. The number of rotatable bonds is 7. The average molecular weight is 305 g/mol. The zero-order chi connectivity index (χ0) is 15.2. The van der Waals surface area contributed by atoms with Gasteiger partial charge in [0.25, 0.3) is 0 Å². The summed E-state index contributed by atoms with van der Waals surface area (Å²) in [7, 11) is -2.63. The molecule has 0 aliphatic rings. The Balaban J connectivity index is 3.10. The van der Waals surface area contributed by atoms with E-state index in [9.17, 15) is 17.2 Å². The fraction of sp³-hybridized carbons (Fsp3) is 0.455. The van der Waals surface area contributed by atoms with Crippen molar-refractivity contribution in [3.05, 3.63) is 40.3 Å². The minimum absolute atomic E-state index is 0.181. The number of nitrogens with zero attached hydrogens (tertiary/aromatic N) is 3. The van der Waals surface area contributed by atoms with Gasteiger partial charge >= 0.3 is 0 Å². The Morgan fingerprint density at radius 3 is 2.35 bits per heavy atom. The molecule has 0 radical (unpaired) electrons. The van der Waals surface area contributed by atoms with Crippen molar-refractivity contribution in [1.29, 1.82) is 0 Å². The van der Waals surface area contributed by atoms with E-state index in [1.165, 1.54) is 31.4 Å². The molecule has 0 aliphatic carbocycles. The van der Waals surface area contributed by atoms with Crippen molar-refractivity contribution < 1.29 is 21.9 Å². The van der Waals surface area contributed by atoms with Crippen molar-refractivity contribution in [2.75, 3.05) is 19.8 Å². The average Bonchev–Trinajstić information content (AvgIpc) is 2.47. The SMILES string of the molecule is CO[C@H](c1ccc(S(=O)(=O)CF)cc1)[C@@H](CF)N=[N+]=[N-]. The molecule has 1 aromatic carbocycles. The molecule has 2 atom stereocenters. The molecule has 0 amide bonds. The Kier molecular flexibility index (Phi) is 5.87. The predicted octanol–water partition coefficient (Wildman–Crippen LogP) is 2.72. The van der Waals surface area contributed by atoms with E-state index in [1.54, 1.807) is 0 Å². The number of azide groups is 1. The molecule has 0 aliphatic heterocycles. The number of hydrogen-bond donors (Lipinski definition) is 0. The highest BCUT2D eigenvalue weighted by Crippen LogP contribution is 2.25. The van der Waals surface area contributed by atoms with Crippen LogP contribution in [0.5, 0.6) is 0 Å². The van der Waals surface area contributed by atoms with Gasteiger partial charge < -0.3 is 4.74 Å². The number of benzene rings is 1. The molecule has 0 saturated heterocycles. The normalized spacial score (nSPS) is 14.3. The number of hydrogen-bond acceptors (Lipinski definition) is 4. The fourth-order valence-corrected chi connectivity index (χ4v) is 2.36. The molecule has 9 heteroatoms. The molecule has 0 unspecified atom stereocenters. The maximum Gasteiger partial charge on any atom is 0.207 e. The lowest BCUT2D eigenvalue weighted by molar-refractivity contribution is 0.0721. The fourth-order valence-electron chi connectivity index (χ4n) is 1.68. The summed E-state index contributed by atoms with van der Waals surface area (Å²) >= 11 is 0. The zero-order valence-corrected chi connectivity index (χ0v) is 11.4. The van der Waals surface area contributed by atoms with Crippen LogP contribution in [0.15, 0.2) is 34.3 Å². The van der Waals surface area contributed by atoms with Crippen molar-refractivity contribution in [2.45, 2.75) is 17.0 Å². The van der Waals surface area contributed by atoms with E-state index in [2.05, 4.69) is 10.0 Å². The first-order valence-electron chi connectivity index (χ1n) is 5.51. The van der Waals surface area contributed by atoms with Crippen LogP contribution in [0.2, 0.25) is 0 Å². The van der Waals surface area contributed by atoms with E-state index in [0.717, 1.165) is 0 Å². The minimum atomic E-state index is -3.95. The Morgan fingerprint density at radius 2 is 1.95 bits per heavy atom. The molecule has 0 heterocycles. The lowest BCUT2D eigenvalue weighted by atomic mass is 10.0. The van der Waals surface area contributed by atoms with Gasteiger partial charge in [-0.1, -0.05) is 17.2 Å². The Labute approximate surface area is 114 Å². The lowest BCUT2D eigenvalue weighted by Crippen LogP contribution is -2.20. The molecule has 110 valence electrons. The number of alkyl halides is 2. The quantitative estimate of drug-likeness (QED) is 0.440. The molecule has 1 aromatic rings. The summed E-state index contributed by atoms with van der Waals surface area (Å²) < 4.78 is 52.8. The van der Waals surface area contributed by atoms with Crippen LogP contribution in [-0.2, 0) is 14.6 Å². The first-order valence-corrected chi connectivity index (χ1v) is 7.17. The maximum atomic E-state index is 12.8. The second-order valence-electron chi connectivity index (χ2n) is 3.88. The lowest BCUT2D eigenvalue weighted by Gasteiger charge is -2.20. The molecule has 0 aromatic heterocycles. The van der Waals surface area contributed by atoms with Gasteiger partial charge in [-0.3, -0.25) is 4.39 Å². The smallest absolute Gasteiger partial charge is 0.207 e. The van der Waals surface area contributed by atoms with E-state index in [1.807, 2.05) is 0 Å².